The third kappa shape index (κ3) is 5.82. The number of benzene rings is 2. The molecule has 0 aromatic heterocycles. The first-order valence-corrected chi connectivity index (χ1v) is 12.5. The highest BCUT2D eigenvalue weighted by atomic mass is 32.2. The van der Waals surface area contributed by atoms with Crippen LogP contribution in [0.15, 0.2) is 47.4 Å². The van der Waals surface area contributed by atoms with Crippen LogP contribution in [0.1, 0.15) is 19.3 Å². The van der Waals surface area contributed by atoms with Crippen molar-refractivity contribution < 1.29 is 27.1 Å². The summed E-state index contributed by atoms with van der Waals surface area (Å²) in [5.74, 6) is -0.457. The Balaban J connectivity index is 1.55. The molecular formula is C23H28FN3O5S. The van der Waals surface area contributed by atoms with Gasteiger partial charge in [0.15, 0.2) is 6.61 Å². The minimum atomic E-state index is -3.71. The molecule has 2 aliphatic rings. The van der Waals surface area contributed by atoms with E-state index in [1.165, 1.54) is 34.6 Å². The number of halogens is 1. The van der Waals surface area contributed by atoms with Crippen molar-refractivity contribution in [2.24, 2.45) is 0 Å². The summed E-state index contributed by atoms with van der Waals surface area (Å²) >= 11 is 0. The molecule has 0 radical (unpaired) electrons. The monoisotopic (exact) mass is 477 g/mol. The molecule has 33 heavy (non-hydrogen) atoms. The van der Waals surface area contributed by atoms with Crippen LogP contribution in [-0.2, 0) is 19.6 Å². The Morgan fingerprint density at radius 1 is 1.00 bits per heavy atom. The van der Waals surface area contributed by atoms with Crippen LogP contribution < -0.4 is 15.0 Å². The number of carbonyl (C=O) groups is 1. The zero-order valence-electron chi connectivity index (χ0n) is 18.3. The van der Waals surface area contributed by atoms with Gasteiger partial charge in [-0.2, -0.15) is 4.31 Å². The number of anilines is 2. The van der Waals surface area contributed by atoms with Crippen LogP contribution in [0.5, 0.6) is 5.75 Å². The van der Waals surface area contributed by atoms with Crippen molar-refractivity contribution in [2.75, 3.05) is 56.2 Å². The van der Waals surface area contributed by atoms with E-state index in [9.17, 15) is 17.6 Å². The molecule has 0 unspecified atom stereocenters. The van der Waals surface area contributed by atoms with Crippen molar-refractivity contribution in [3.8, 4) is 5.75 Å². The minimum absolute atomic E-state index is 0.125. The topological polar surface area (TPSA) is 88.2 Å². The maximum Gasteiger partial charge on any atom is 0.262 e. The van der Waals surface area contributed by atoms with Crippen LogP contribution in [0, 0.1) is 5.82 Å². The number of sulfonamides is 1. The Bertz CT molecular complexity index is 1070. The van der Waals surface area contributed by atoms with Gasteiger partial charge in [0.25, 0.3) is 5.91 Å². The number of hydrogen-bond acceptors (Lipinski definition) is 6. The van der Waals surface area contributed by atoms with Gasteiger partial charge in [-0.3, -0.25) is 4.79 Å². The smallest absolute Gasteiger partial charge is 0.262 e. The van der Waals surface area contributed by atoms with E-state index in [1.54, 1.807) is 12.1 Å². The van der Waals surface area contributed by atoms with Gasteiger partial charge in [-0.1, -0.05) is 0 Å². The summed E-state index contributed by atoms with van der Waals surface area (Å²) in [5.41, 5.74) is 1.21. The number of morpholine rings is 1. The zero-order valence-corrected chi connectivity index (χ0v) is 19.2. The van der Waals surface area contributed by atoms with Crippen LogP contribution in [0.25, 0.3) is 0 Å². The van der Waals surface area contributed by atoms with Crippen LogP contribution in [0.4, 0.5) is 15.8 Å². The molecule has 2 fully saturated rings. The molecule has 8 nitrogen and oxygen atoms in total. The summed E-state index contributed by atoms with van der Waals surface area (Å²) in [7, 11) is -3.71. The summed E-state index contributed by atoms with van der Waals surface area (Å²) in [6, 6.07) is 10.3. The molecule has 2 saturated heterocycles. The molecule has 2 aromatic carbocycles. The van der Waals surface area contributed by atoms with Gasteiger partial charge in [0.1, 0.15) is 11.6 Å². The molecule has 0 atom stereocenters. The van der Waals surface area contributed by atoms with Crippen molar-refractivity contribution in [3.63, 3.8) is 0 Å². The fraction of sp³-hybridized carbons (Fsp3) is 0.435. The molecule has 2 aliphatic heterocycles. The first-order chi connectivity index (χ1) is 15.9. The van der Waals surface area contributed by atoms with Crippen LogP contribution >= 0.6 is 0 Å². The lowest BCUT2D eigenvalue weighted by Gasteiger charge is -2.31. The second-order valence-electron chi connectivity index (χ2n) is 8.03. The number of ether oxygens (including phenoxy) is 2. The predicted octanol–water partition coefficient (Wildman–Crippen LogP) is 2.85. The highest BCUT2D eigenvalue weighted by Crippen LogP contribution is 2.32. The highest BCUT2D eigenvalue weighted by molar-refractivity contribution is 7.89. The molecule has 0 bridgehead atoms. The average Bonchev–Trinajstić information content (AvgIpc) is 2.85. The number of amides is 1. The normalized spacial score (nSPS) is 17.5. The van der Waals surface area contributed by atoms with Gasteiger partial charge in [0.05, 0.1) is 29.5 Å². The van der Waals surface area contributed by atoms with Crippen molar-refractivity contribution in [3.05, 3.63) is 48.3 Å². The Kier molecular flexibility index (Phi) is 7.46. The third-order valence-electron chi connectivity index (χ3n) is 5.73. The maximum atomic E-state index is 13.1. The van der Waals surface area contributed by atoms with Gasteiger partial charge >= 0.3 is 0 Å². The van der Waals surface area contributed by atoms with Gasteiger partial charge in [-0.25, -0.2) is 12.8 Å². The Morgan fingerprint density at radius 2 is 1.70 bits per heavy atom. The molecule has 0 saturated carbocycles. The second kappa shape index (κ2) is 10.5. The Labute approximate surface area is 193 Å². The quantitative estimate of drug-likeness (QED) is 0.660. The zero-order chi connectivity index (χ0) is 23.3. The van der Waals surface area contributed by atoms with Gasteiger partial charge in [-0.15, -0.1) is 0 Å². The summed E-state index contributed by atoms with van der Waals surface area (Å²) < 4.78 is 51.5. The molecule has 1 N–H and O–H groups in total. The van der Waals surface area contributed by atoms with E-state index in [0.29, 0.717) is 37.7 Å². The van der Waals surface area contributed by atoms with Gasteiger partial charge in [0.2, 0.25) is 10.0 Å². The third-order valence-corrected chi connectivity index (χ3v) is 7.62. The molecule has 178 valence electrons. The van der Waals surface area contributed by atoms with Crippen molar-refractivity contribution in [1.82, 2.24) is 4.31 Å². The lowest BCUT2D eigenvalue weighted by atomic mass is 10.1. The van der Waals surface area contributed by atoms with Crippen LogP contribution in [0.2, 0.25) is 0 Å². The molecule has 10 heteroatoms. The molecule has 0 spiro atoms. The van der Waals surface area contributed by atoms with E-state index in [-0.39, 0.29) is 11.5 Å². The van der Waals surface area contributed by atoms with E-state index in [1.807, 2.05) is 0 Å². The Hall–Kier alpha value is -2.69. The summed E-state index contributed by atoms with van der Waals surface area (Å²) in [6.07, 6.45) is 3.22. The van der Waals surface area contributed by atoms with Gasteiger partial charge in [0, 0.05) is 26.2 Å². The predicted molar refractivity (Wildman–Crippen MR) is 123 cm³/mol. The standard InChI is InChI=1S/C23H28FN3O5S/c24-18-4-6-19(7-5-18)32-17-23(28)25-21-16-20(33(29,30)27-12-14-31-15-13-27)8-9-22(21)26-10-2-1-3-11-26/h4-9,16H,1-3,10-15,17H2,(H,25,28). The van der Waals surface area contributed by atoms with Crippen molar-refractivity contribution in [2.45, 2.75) is 24.2 Å². The van der Waals surface area contributed by atoms with E-state index in [4.69, 9.17) is 9.47 Å². The molecule has 2 heterocycles. The Morgan fingerprint density at radius 3 is 2.39 bits per heavy atom. The number of nitrogens with zero attached hydrogens (tertiary/aromatic N) is 2. The number of carbonyl (C=O) groups excluding carboxylic acids is 1. The molecular weight excluding hydrogens is 449 g/mol. The van der Waals surface area contributed by atoms with Crippen LogP contribution in [-0.4, -0.2) is 64.6 Å². The fourth-order valence-corrected chi connectivity index (χ4v) is 5.42. The second-order valence-corrected chi connectivity index (χ2v) is 9.97. The van der Waals surface area contributed by atoms with Gasteiger partial charge in [-0.05, 0) is 61.7 Å². The molecule has 2 aromatic rings. The van der Waals surface area contributed by atoms with E-state index in [0.717, 1.165) is 38.0 Å². The van der Waals surface area contributed by atoms with E-state index < -0.39 is 21.7 Å². The minimum Gasteiger partial charge on any atom is -0.484 e. The largest absolute Gasteiger partial charge is 0.484 e. The number of rotatable bonds is 7. The number of hydrogen-bond donors (Lipinski definition) is 1. The lowest BCUT2D eigenvalue weighted by Crippen LogP contribution is -2.40. The average molecular weight is 478 g/mol. The van der Waals surface area contributed by atoms with Gasteiger partial charge < -0.3 is 19.7 Å². The van der Waals surface area contributed by atoms with Crippen LogP contribution in [0.3, 0.4) is 0 Å². The molecule has 1 amide bonds. The first kappa shape index (κ1) is 23.5. The fourth-order valence-electron chi connectivity index (χ4n) is 3.99. The molecule has 0 aliphatic carbocycles. The summed E-state index contributed by atoms with van der Waals surface area (Å²) in [4.78, 5) is 14.9. The SMILES string of the molecule is O=C(COc1ccc(F)cc1)Nc1cc(S(=O)(=O)N2CCOCC2)ccc1N1CCCCC1. The van der Waals surface area contributed by atoms with E-state index >= 15 is 0 Å². The number of nitrogens with one attached hydrogen (secondary N) is 1. The van der Waals surface area contributed by atoms with E-state index in [2.05, 4.69) is 10.2 Å². The lowest BCUT2D eigenvalue weighted by molar-refractivity contribution is -0.118. The summed E-state index contributed by atoms with van der Waals surface area (Å²) in [6.45, 7) is 2.69. The molecule has 4 rings (SSSR count). The summed E-state index contributed by atoms with van der Waals surface area (Å²) in [5, 5.41) is 2.82. The number of piperidine rings is 1. The highest BCUT2D eigenvalue weighted by Gasteiger charge is 2.28. The van der Waals surface area contributed by atoms with Crippen molar-refractivity contribution in [1.29, 1.82) is 0 Å². The van der Waals surface area contributed by atoms with Crippen molar-refractivity contribution >= 4 is 27.3 Å². The maximum absolute atomic E-state index is 13.1. The first-order valence-electron chi connectivity index (χ1n) is 11.1.